The van der Waals surface area contributed by atoms with Crippen LogP contribution in [0.3, 0.4) is 0 Å². The molecular formula is C18H13F2N. The van der Waals surface area contributed by atoms with E-state index in [0.29, 0.717) is 0 Å². The molecule has 0 saturated carbocycles. The van der Waals surface area contributed by atoms with E-state index in [9.17, 15) is 8.78 Å². The molecule has 0 aliphatic heterocycles. The summed E-state index contributed by atoms with van der Waals surface area (Å²) < 4.78 is 26.3. The Morgan fingerprint density at radius 2 is 1.19 bits per heavy atom. The van der Waals surface area contributed by atoms with E-state index >= 15 is 0 Å². The SMILES string of the molecule is Fc1ccc(C(c2ccc(F)cc2)c2ccccn2)cc1. The Hall–Kier alpha value is -2.55. The minimum Gasteiger partial charge on any atom is -0.260 e. The summed E-state index contributed by atoms with van der Waals surface area (Å²) in [6.45, 7) is 0. The van der Waals surface area contributed by atoms with E-state index in [1.165, 1.54) is 24.3 Å². The predicted molar refractivity (Wildman–Crippen MR) is 78.0 cm³/mol. The van der Waals surface area contributed by atoms with Gasteiger partial charge < -0.3 is 0 Å². The number of nitrogens with zero attached hydrogens (tertiary/aromatic N) is 1. The molecule has 3 heteroatoms. The Balaban J connectivity index is 2.11. The van der Waals surface area contributed by atoms with Gasteiger partial charge in [0, 0.05) is 6.20 Å². The van der Waals surface area contributed by atoms with E-state index in [1.54, 1.807) is 30.5 Å². The summed E-state index contributed by atoms with van der Waals surface area (Å²) in [5, 5.41) is 0. The lowest BCUT2D eigenvalue weighted by Gasteiger charge is -2.17. The van der Waals surface area contributed by atoms with Gasteiger partial charge >= 0.3 is 0 Å². The third-order valence-electron chi connectivity index (χ3n) is 3.39. The number of pyridine rings is 1. The summed E-state index contributed by atoms with van der Waals surface area (Å²) in [4.78, 5) is 4.39. The number of halogens is 2. The van der Waals surface area contributed by atoms with Crippen molar-refractivity contribution in [3.05, 3.63) is 101 Å². The zero-order valence-corrected chi connectivity index (χ0v) is 11.2. The minimum atomic E-state index is -0.280. The molecule has 3 rings (SSSR count). The molecule has 0 unspecified atom stereocenters. The largest absolute Gasteiger partial charge is 0.260 e. The minimum absolute atomic E-state index is 0.146. The fraction of sp³-hybridized carbons (Fsp3) is 0.0556. The second-order valence-corrected chi connectivity index (χ2v) is 4.79. The topological polar surface area (TPSA) is 12.9 Å². The van der Waals surface area contributed by atoms with E-state index in [-0.39, 0.29) is 17.6 Å². The van der Waals surface area contributed by atoms with Gasteiger partial charge in [-0.1, -0.05) is 30.3 Å². The third-order valence-corrected chi connectivity index (χ3v) is 3.39. The standard InChI is InChI=1S/C18H13F2N/c19-15-8-4-13(5-9-15)18(17-3-1-2-12-21-17)14-6-10-16(20)11-7-14/h1-12,18H. The zero-order valence-electron chi connectivity index (χ0n) is 11.2. The second-order valence-electron chi connectivity index (χ2n) is 4.79. The fourth-order valence-electron chi connectivity index (χ4n) is 2.39. The van der Waals surface area contributed by atoms with Crippen molar-refractivity contribution in [3.63, 3.8) is 0 Å². The van der Waals surface area contributed by atoms with Gasteiger partial charge in [0.1, 0.15) is 11.6 Å². The molecule has 2 aromatic carbocycles. The van der Waals surface area contributed by atoms with Gasteiger partial charge in [-0.3, -0.25) is 4.98 Å². The highest BCUT2D eigenvalue weighted by atomic mass is 19.1. The quantitative estimate of drug-likeness (QED) is 0.687. The number of aromatic nitrogens is 1. The molecule has 0 N–H and O–H groups in total. The summed E-state index contributed by atoms with van der Waals surface area (Å²) in [7, 11) is 0. The van der Waals surface area contributed by atoms with Gasteiger partial charge in [0.15, 0.2) is 0 Å². The van der Waals surface area contributed by atoms with Gasteiger partial charge in [-0.25, -0.2) is 8.78 Å². The molecule has 0 atom stereocenters. The molecule has 3 aromatic rings. The van der Waals surface area contributed by atoms with E-state index in [2.05, 4.69) is 4.98 Å². The van der Waals surface area contributed by atoms with Crippen LogP contribution in [0.25, 0.3) is 0 Å². The van der Waals surface area contributed by atoms with Crippen molar-refractivity contribution < 1.29 is 8.78 Å². The van der Waals surface area contributed by atoms with E-state index in [4.69, 9.17) is 0 Å². The van der Waals surface area contributed by atoms with Crippen LogP contribution in [0.1, 0.15) is 22.7 Å². The number of hydrogen-bond donors (Lipinski definition) is 0. The van der Waals surface area contributed by atoms with E-state index in [0.717, 1.165) is 16.8 Å². The van der Waals surface area contributed by atoms with Crippen molar-refractivity contribution in [1.29, 1.82) is 0 Å². The molecule has 104 valence electrons. The van der Waals surface area contributed by atoms with Crippen molar-refractivity contribution in [2.24, 2.45) is 0 Å². The molecule has 0 radical (unpaired) electrons. The van der Waals surface area contributed by atoms with Crippen LogP contribution in [-0.2, 0) is 0 Å². The molecule has 0 saturated heterocycles. The molecule has 0 aliphatic rings. The van der Waals surface area contributed by atoms with Crippen LogP contribution in [0.2, 0.25) is 0 Å². The number of benzene rings is 2. The van der Waals surface area contributed by atoms with Crippen molar-refractivity contribution in [2.75, 3.05) is 0 Å². The van der Waals surface area contributed by atoms with Gasteiger partial charge in [0.2, 0.25) is 0 Å². The Morgan fingerprint density at radius 3 is 1.62 bits per heavy atom. The first-order chi connectivity index (χ1) is 10.2. The van der Waals surface area contributed by atoms with Crippen LogP contribution < -0.4 is 0 Å². The summed E-state index contributed by atoms with van der Waals surface area (Å²) >= 11 is 0. The molecule has 1 heterocycles. The van der Waals surface area contributed by atoms with E-state index < -0.39 is 0 Å². The molecule has 0 bridgehead atoms. The molecule has 0 spiro atoms. The van der Waals surface area contributed by atoms with Crippen LogP contribution in [0, 0.1) is 11.6 Å². The zero-order chi connectivity index (χ0) is 14.7. The van der Waals surface area contributed by atoms with Crippen molar-refractivity contribution in [3.8, 4) is 0 Å². The molecular weight excluding hydrogens is 268 g/mol. The van der Waals surface area contributed by atoms with Crippen LogP contribution in [-0.4, -0.2) is 4.98 Å². The third kappa shape index (κ3) is 2.97. The number of rotatable bonds is 3. The molecule has 0 amide bonds. The monoisotopic (exact) mass is 281 g/mol. The normalized spacial score (nSPS) is 10.8. The van der Waals surface area contributed by atoms with Gasteiger partial charge in [-0.05, 0) is 47.5 Å². The highest BCUT2D eigenvalue weighted by Gasteiger charge is 2.17. The van der Waals surface area contributed by atoms with Gasteiger partial charge in [0.25, 0.3) is 0 Å². The lowest BCUT2D eigenvalue weighted by atomic mass is 9.88. The lowest BCUT2D eigenvalue weighted by molar-refractivity contribution is 0.626. The van der Waals surface area contributed by atoms with Crippen LogP contribution in [0.4, 0.5) is 8.78 Å². The summed E-state index contributed by atoms with van der Waals surface area (Å²) in [6.07, 6.45) is 1.72. The highest BCUT2D eigenvalue weighted by molar-refractivity contribution is 5.40. The van der Waals surface area contributed by atoms with Crippen molar-refractivity contribution in [1.82, 2.24) is 4.98 Å². The second kappa shape index (κ2) is 5.83. The van der Waals surface area contributed by atoms with E-state index in [1.807, 2.05) is 18.2 Å². The average Bonchev–Trinajstić information content (AvgIpc) is 2.52. The molecule has 1 aromatic heterocycles. The molecule has 0 aliphatic carbocycles. The average molecular weight is 281 g/mol. The molecule has 1 nitrogen and oxygen atoms in total. The Morgan fingerprint density at radius 1 is 0.667 bits per heavy atom. The first-order valence-corrected chi connectivity index (χ1v) is 6.66. The lowest BCUT2D eigenvalue weighted by Crippen LogP contribution is -2.05. The van der Waals surface area contributed by atoms with Gasteiger partial charge in [-0.15, -0.1) is 0 Å². The number of hydrogen-bond acceptors (Lipinski definition) is 1. The predicted octanol–water partition coefficient (Wildman–Crippen LogP) is 4.54. The van der Waals surface area contributed by atoms with Crippen LogP contribution >= 0.6 is 0 Å². The Bertz CT molecular complexity index is 661. The molecule has 0 fully saturated rings. The maximum atomic E-state index is 13.1. The first kappa shape index (κ1) is 13.4. The first-order valence-electron chi connectivity index (χ1n) is 6.66. The fourth-order valence-corrected chi connectivity index (χ4v) is 2.39. The maximum Gasteiger partial charge on any atom is 0.123 e. The van der Waals surface area contributed by atoms with Gasteiger partial charge in [0.05, 0.1) is 11.6 Å². The van der Waals surface area contributed by atoms with Crippen molar-refractivity contribution in [2.45, 2.75) is 5.92 Å². The Labute approximate surface area is 121 Å². The summed E-state index contributed by atoms with van der Waals surface area (Å²) in [6, 6.07) is 18.3. The van der Waals surface area contributed by atoms with Crippen LogP contribution in [0.5, 0.6) is 0 Å². The highest BCUT2D eigenvalue weighted by Crippen LogP contribution is 2.30. The maximum absolute atomic E-state index is 13.1. The Kier molecular flexibility index (Phi) is 3.73. The van der Waals surface area contributed by atoms with Crippen molar-refractivity contribution >= 4 is 0 Å². The summed E-state index contributed by atoms with van der Waals surface area (Å²) in [5.74, 6) is -0.706. The molecule has 21 heavy (non-hydrogen) atoms. The van der Waals surface area contributed by atoms with Crippen LogP contribution in [0.15, 0.2) is 72.9 Å². The van der Waals surface area contributed by atoms with Gasteiger partial charge in [-0.2, -0.15) is 0 Å². The summed E-state index contributed by atoms with van der Waals surface area (Å²) in [5.41, 5.74) is 2.68. The smallest absolute Gasteiger partial charge is 0.123 e.